The number of amides is 1. The largest absolute Gasteiger partial charge is 0.352 e. The van der Waals surface area contributed by atoms with Crippen molar-refractivity contribution in [3.8, 4) is 0 Å². The van der Waals surface area contributed by atoms with Gasteiger partial charge in [-0.2, -0.15) is 4.31 Å². The molecule has 0 unspecified atom stereocenters. The Bertz CT molecular complexity index is 581. The van der Waals surface area contributed by atoms with Gasteiger partial charge in [-0.05, 0) is 25.0 Å². The van der Waals surface area contributed by atoms with Gasteiger partial charge in [0.15, 0.2) is 0 Å². The molecule has 0 spiro atoms. The molecule has 1 fully saturated rings. The Kier molecular flexibility index (Phi) is 5.97. The summed E-state index contributed by atoms with van der Waals surface area (Å²) in [6.07, 6.45) is 5.46. The molecule has 1 saturated carbocycles. The summed E-state index contributed by atoms with van der Waals surface area (Å²) < 4.78 is 26.3. The van der Waals surface area contributed by atoms with Gasteiger partial charge in [-0.15, -0.1) is 0 Å². The van der Waals surface area contributed by atoms with E-state index in [4.69, 9.17) is 0 Å². The van der Waals surface area contributed by atoms with Crippen LogP contribution in [0.15, 0.2) is 35.2 Å². The number of sulfonamides is 1. The highest BCUT2D eigenvalue weighted by molar-refractivity contribution is 7.89. The number of likely N-dealkylation sites (N-methyl/N-ethyl adjacent to an activating group) is 1. The zero-order valence-corrected chi connectivity index (χ0v) is 13.8. The first-order valence-corrected chi connectivity index (χ1v) is 9.32. The Morgan fingerprint density at radius 2 is 1.82 bits per heavy atom. The summed E-state index contributed by atoms with van der Waals surface area (Å²) in [6.45, 7) is 1.90. The van der Waals surface area contributed by atoms with E-state index in [-0.39, 0.29) is 29.9 Å². The van der Waals surface area contributed by atoms with Crippen molar-refractivity contribution in [2.75, 3.05) is 13.1 Å². The molecule has 0 aromatic heterocycles. The number of rotatable bonds is 6. The lowest BCUT2D eigenvalue weighted by molar-refractivity contribution is -0.122. The van der Waals surface area contributed by atoms with Gasteiger partial charge in [-0.25, -0.2) is 8.42 Å². The zero-order chi connectivity index (χ0) is 16.0. The van der Waals surface area contributed by atoms with E-state index >= 15 is 0 Å². The van der Waals surface area contributed by atoms with Gasteiger partial charge in [-0.3, -0.25) is 4.79 Å². The Morgan fingerprint density at radius 3 is 2.41 bits per heavy atom. The van der Waals surface area contributed by atoms with Crippen LogP contribution in [0, 0.1) is 0 Å². The SMILES string of the molecule is CCN(CC(=O)NC1CCCCC1)S(=O)(=O)c1ccccc1. The molecule has 0 heterocycles. The average Bonchev–Trinajstić information content (AvgIpc) is 2.54. The van der Waals surface area contributed by atoms with Gasteiger partial charge >= 0.3 is 0 Å². The molecule has 0 bridgehead atoms. The van der Waals surface area contributed by atoms with Crippen LogP contribution in [-0.4, -0.2) is 37.8 Å². The van der Waals surface area contributed by atoms with Crippen molar-refractivity contribution in [1.82, 2.24) is 9.62 Å². The number of nitrogens with zero attached hydrogens (tertiary/aromatic N) is 1. The fraction of sp³-hybridized carbons (Fsp3) is 0.562. The molecule has 2 rings (SSSR count). The van der Waals surface area contributed by atoms with Crippen LogP contribution in [-0.2, 0) is 14.8 Å². The van der Waals surface area contributed by atoms with E-state index in [0.29, 0.717) is 0 Å². The molecular weight excluding hydrogens is 300 g/mol. The fourth-order valence-corrected chi connectivity index (χ4v) is 4.22. The van der Waals surface area contributed by atoms with E-state index in [0.717, 1.165) is 25.7 Å². The van der Waals surface area contributed by atoms with E-state index in [9.17, 15) is 13.2 Å². The lowest BCUT2D eigenvalue weighted by atomic mass is 9.95. The Morgan fingerprint density at radius 1 is 1.18 bits per heavy atom. The van der Waals surface area contributed by atoms with Crippen LogP contribution in [0.1, 0.15) is 39.0 Å². The third-order valence-corrected chi connectivity index (χ3v) is 5.96. The van der Waals surface area contributed by atoms with E-state index < -0.39 is 10.0 Å². The molecular formula is C16H24N2O3S. The molecule has 1 N–H and O–H groups in total. The second-order valence-electron chi connectivity index (χ2n) is 5.65. The number of nitrogens with one attached hydrogen (secondary N) is 1. The lowest BCUT2D eigenvalue weighted by Crippen LogP contribution is -2.44. The lowest BCUT2D eigenvalue weighted by Gasteiger charge is -2.25. The maximum absolute atomic E-state index is 12.5. The van der Waals surface area contributed by atoms with Crippen molar-refractivity contribution in [3.05, 3.63) is 30.3 Å². The molecule has 22 heavy (non-hydrogen) atoms. The summed E-state index contributed by atoms with van der Waals surface area (Å²) in [6, 6.07) is 8.43. The highest BCUT2D eigenvalue weighted by atomic mass is 32.2. The van der Waals surface area contributed by atoms with Crippen LogP contribution in [0.25, 0.3) is 0 Å². The maximum atomic E-state index is 12.5. The van der Waals surface area contributed by atoms with Crippen molar-refractivity contribution in [3.63, 3.8) is 0 Å². The molecule has 122 valence electrons. The minimum absolute atomic E-state index is 0.121. The van der Waals surface area contributed by atoms with Crippen LogP contribution in [0.4, 0.5) is 0 Å². The standard InChI is InChI=1S/C16H24N2O3S/c1-2-18(22(20,21)15-11-7-4-8-12-15)13-16(19)17-14-9-5-3-6-10-14/h4,7-8,11-12,14H,2-3,5-6,9-10,13H2,1H3,(H,17,19). The van der Waals surface area contributed by atoms with Crippen molar-refractivity contribution < 1.29 is 13.2 Å². The summed E-state index contributed by atoms with van der Waals surface area (Å²) in [5.41, 5.74) is 0. The summed E-state index contributed by atoms with van der Waals surface area (Å²) >= 11 is 0. The zero-order valence-electron chi connectivity index (χ0n) is 13.0. The van der Waals surface area contributed by atoms with E-state index in [1.165, 1.54) is 10.7 Å². The van der Waals surface area contributed by atoms with Gasteiger partial charge in [0.05, 0.1) is 11.4 Å². The molecule has 1 aliphatic carbocycles. The molecule has 0 atom stereocenters. The maximum Gasteiger partial charge on any atom is 0.243 e. The normalized spacial score (nSPS) is 16.6. The van der Waals surface area contributed by atoms with Crippen molar-refractivity contribution in [2.24, 2.45) is 0 Å². The summed E-state index contributed by atoms with van der Waals surface area (Å²) in [4.78, 5) is 12.4. The van der Waals surface area contributed by atoms with Gasteiger partial charge in [0, 0.05) is 12.6 Å². The van der Waals surface area contributed by atoms with Crippen molar-refractivity contribution in [2.45, 2.75) is 50.0 Å². The van der Waals surface area contributed by atoms with Crippen molar-refractivity contribution in [1.29, 1.82) is 0 Å². The van der Waals surface area contributed by atoms with Crippen LogP contribution in [0.2, 0.25) is 0 Å². The van der Waals surface area contributed by atoms with E-state index in [2.05, 4.69) is 5.32 Å². The molecule has 0 aliphatic heterocycles. The number of hydrogen-bond donors (Lipinski definition) is 1. The van der Waals surface area contributed by atoms with Crippen molar-refractivity contribution >= 4 is 15.9 Å². The smallest absolute Gasteiger partial charge is 0.243 e. The monoisotopic (exact) mass is 324 g/mol. The van der Waals surface area contributed by atoms with Crippen LogP contribution in [0.3, 0.4) is 0 Å². The Labute approximate surface area is 132 Å². The van der Waals surface area contributed by atoms with E-state index in [1.807, 2.05) is 0 Å². The molecule has 6 heteroatoms. The van der Waals surface area contributed by atoms with Gasteiger partial charge < -0.3 is 5.32 Å². The van der Waals surface area contributed by atoms with E-state index in [1.54, 1.807) is 37.3 Å². The quantitative estimate of drug-likeness (QED) is 0.872. The number of carbonyl (C=O) groups excluding carboxylic acids is 1. The molecule has 0 radical (unpaired) electrons. The summed E-state index contributed by atoms with van der Waals surface area (Å²) in [5, 5.41) is 2.96. The average molecular weight is 324 g/mol. The third-order valence-electron chi connectivity index (χ3n) is 4.02. The third kappa shape index (κ3) is 4.30. The minimum atomic E-state index is -3.61. The predicted molar refractivity (Wildman–Crippen MR) is 85.9 cm³/mol. The summed E-state index contributed by atoms with van der Waals surface area (Å²) in [7, 11) is -3.61. The highest BCUT2D eigenvalue weighted by Crippen LogP contribution is 2.18. The Hall–Kier alpha value is -1.40. The Balaban J connectivity index is 2.00. The van der Waals surface area contributed by atoms with Crippen LogP contribution in [0.5, 0.6) is 0 Å². The topological polar surface area (TPSA) is 66.5 Å². The van der Waals surface area contributed by atoms with Crippen LogP contribution < -0.4 is 5.32 Å². The number of benzene rings is 1. The first-order valence-electron chi connectivity index (χ1n) is 7.88. The number of carbonyl (C=O) groups is 1. The second kappa shape index (κ2) is 7.74. The molecule has 1 aromatic rings. The van der Waals surface area contributed by atoms with Gasteiger partial charge in [-0.1, -0.05) is 44.4 Å². The first kappa shape index (κ1) is 17.0. The highest BCUT2D eigenvalue weighted by Gasteiger charge is 2.26. The van der Waals surface area contributed by atoms with Crippen LogP contribution >= 0.6 is 0 Å². The van der Waals surface area contributed by atoms with Gasteiger partial charge in [0.25, 0.3) is 0 Å². The number of hydrogen-bond acceptors (Lipinski definition) is 3. The van der Waals surface area contributed by atoms with Gasteiger partial charge in [0.2, 0.25) is 15.9 Å². The predicted octanol–water partition coefficient (Wildman–Crippen LogP) is 2.15. The fourth-order valence-electron chi connectivity index (χ4n) is 2.79. The first-order chi connectivity index (χ1) is 10.5. The second-order valence-corrected chi connectivity index (χ2v) is 7.58. The molecule has 1 aliphatic rings. The minimum Gasteiger partial charge on any atom is -0.352 e. The molecule has 5 nitrogen and oxygen atoms in total. The summed E-state index contributed by atoms with van der Waals surface area (Å²) in [5.74, 6) is -0.215. The molecule has 1 aromatic carbocycles. The molecule has 0 saturated heterocycles. The van der Waals surface area contributed by atoms with Gasteiger partial charge in [0.1, 0.15) is 0 Å². The molecule has 1 amide bonds.